The van der Waals surface area contributed by atoms with E-state index in [-0.39, 0.29) is 6.04 Å². The largest absolute Gasteiger partial charge is 0.373 e. The Kier molecular flexibility index (Phi) is 6.26. The van der Waals surface area contributed by atoms with Gasteiger partial charge in [0.05, 0.1) is 28.6 Å². The number of ether oxygens (including phenoxy) is 1. The third kappa shape index (κ3) is 3.48. The number of halogens is 1. The predicted molar refractivity (Wildman–Crippen MR) is 77.9 cm³/mol. The zero-order valence-electron chi connectivity index (χ0n) is 12.2. The van der Waals surface area contributed by atoms with Crippen LogP contribution in [0.15, 0.2) is 6.20 Å². The fraction of sp³-hybridized carbons (Fsp3) is 0.769. The molecule has 1 rings (SSSR count). The maximum Gasteiger partial charge on any atom is 0.0930 e. The number of hydrogen-bond donors (Lipinski definition) is 2. The van der Waals surface area contributed by atoms with E-state index in [0.717, 1.165) is 25.1 Å². The summed E-state index contributed by atoms with van der Waals surface area (Å²) in [7, 11) is 0. The molecular formula is C13H25ClN4O. The van der Waals surface area contributed by atoms with Crippen LogP contribution in [0.1, 0.15) is 52.3 Å². The quantitative estimate of drug-likeness (QED) is 0.570. The number of hydrogen-bond acceptors (Lipinski definition) is 4. The summed E-state index contributed by atoms with van der Waals surface area (Å²) in [6.45, 7) is 9.64. The van der Waals surface area contributed by atoms with Gasteiger partial charge in [0.25, 0.3) is 0 Å². The van der Waals surface area contributed by atoms with Gasteiger partial charge in [-0.2, -0.15) is 5.10 Å². The molecule has 6 heteroatoms. The number of nitrogens with zero attached hydrogens (tertiary/aromatic N) is 2. The Labute approximate surface area is 120 Å². The van der Waals surface area contributed by atoms with E-state index in [1.165, 1.54) is 0 Å². The number of hydrazine groups is 1. The minimum Gasteiger partial charge on any atom is -0.373 e. The molecule has 5 nitrogen and oxygen atoms in total. The highest BCUT2D eigenvalue weighted by Gasteiger charge is 2.37. The Morgan fingerprint density at radius 2 is 2.21 bits per heavy atom. The molecule has 0 amide bonds. The summed E-state index contributed by atoms with van der Waals surface area (Å²) >= 11 is 6.28. The van der Waals surface area contributed by atoms with Crippen molar-refractivity contribution in [3.63, 3.8) is 0 Å². The number of aromatic nitrogens is 2. The first-order chi connectivity index (χ1) is 9.03. The highest BCUT2D eigenvalue weighted by molar-refractivity contribution is 6.31. The molecule has 1 aromatic heterocycles. The van der Waals surface area contributed by atoms with Crippen LogP contribution >= 0.6 is 11.6 Å². The van der Waals surface area contributed by atoms with Gasteiger partial charge in [0.15, 0.2) is 0 Å². The molecule has 0 radical (unpaired) electrons. The van der Waals surface area contributed by atoms with Gasteiger partial charge in [-0.3, -0.25) is 10.5 Å². The van der Waals surface area contributed by atoms with Crippen molar-refractivity contribution < 1.29 is 4.74 Å². The SMILES string of the molecule is CCCn1ncc(Cl)c1C(NN)C(C)(CC)OCC. The maximum atomic E-state index is 6.28. The normalized spacial score (nSPS) is 16.3. The zero-order chi connectivity index (χ0) is 14.5. The van der Waals surface area contributed by atoms with Gasteiger partial charge < -0.3 is 4.74 Å². The summed E-state index contributed by atoms with van der Waals surface area (Å²) < 4.78 is 7.80. The Balaban J connectivity index is 3.18. The van der Waals surface area contributed by atoms with Gasteiger partial charge in [0.1, 0.15) is 0 Å². The van der Waals surface area contributed by atoms with E-state index < -0.39 is 5.60 Å². The second-order valence-electron chi connectivity index (χ2n) is 4.80. The number of rotatable bonds is 8. The van der Waals surface area contributed by atoms with Gasteiger partial charge in [-0.25, -0.2) is 5.43 Å². The van der Waals surface area contributed by atoms with Crippen LogP contribution in [0.5, 0.6) is 0 Å². The second kappa shape index (κ2) is 7.24. The number of aryl methyl sites for hydroxylation is 1. The minimum absolute atomic E-state index is 0.195. The van der Waals surface area contributed by atoms with Crippen molar-refractivity contribution in [3.05, 3.63) is 16.9 Å². The highest BCUT2D eigenvalue weighted by Crippen LogP contribution is 2.35. The Morgan fingerprint density at radius 3 is 2.68 bits per heavy atom. The lowest BCUT2D eigenvalue weighted by atomic mass is 9.91. The average Bonchev–Trinajstić information content (AvgIpc) is 2.73. The zero-order valence-corrected chi connectivity index (χ0v) is 13.0. The molecule has 0 saturated carbocycles. The van der Waals surface area contributed by atoms with Crippen LogP contribution in [0.25, 0.3) is 0 Å². The Hall–Kier alpha value is -0.620. The maximum absolute atomic E-state index is 6.28. The monoisotopic (exact) mass is 288 g/mol. The predicted octanol–water partition coefficient (Wildman–Crippen LogP) is 2.66. The van der Waals surface area contributed by atoms with E-state index in [1.54, 1.807) is 6.20 Å². The topological polar surface area (TPSA) is 65.1 Å². The molecule has 1 aromatic rings. The van der Waals surface area contributed by atoms with Crippen LogP contribution in [-0.4, -0.2) is 22.0 Å². The van der Waals surface area contributed by atoms with E-state index in [1.807, 2.05) is 18.5 Å². The van der Waals surface area contributed by atoms with E-state index in [9.17, 15) is 0 Å². The van der Waals surface area contributed by atoms with Crippen molar-refractivity contribution in [1.82, 2.24) is 15.2 Å². The van der Waals surface area contributed by atoms with Crippen LogP contribution in [0.4, 0.5) is 0 Å². The molecule has 3 N–H and O–H groups in total. The molecule has 0 fully saturated rings. The third-order valence-electron chi connectivity index (χ3n) is 3.50. The molecule has 19 heavy (non-hydrogen) atoms. The Bertz CT molecular complexity index is 396. The van der Waals surface area contributed by atoms with Crippen molar-refractivity contribution in [1.29, 1.82) is 0 Å². The van der Waals surface area contributed by atoms with Crippen LogP contribution in [0, 0.1) is 0 Å². The Morgan fingerprint density at radius 1 is 1.53 bits per heavy atom. The molecule has 2 unspecified atom stereocenters. The molecule has 2 atom stereocenters. The third-order valence-corrected chi connectivity index (χ3v) is 3.79. The molecule has 0 saturated heterocycles. The first kappa shape index (κ1) is 16.4. The summed E-state index contributed by atoms with van der Waals surface area (Å²) in [5.74, 6) is 5.76. The molecule has 110 valence electrons. The number of nitrogens with two attached hydrogens (primary N) is 1. The van der Waals surface area contributed by atoms with Gasteiger partial charge in [-0.1, -0.05) is 25.4 Å². The van der Waals surface area contributed by atoms with Gasteiger partial charge in [0.2, 0.25) is 0 Å². The molecule has 0 spiro atoms. The van der Waals surface area contributed by atoms with Crippen LogP contribution in [0.3, 0.4) is 0 Å². The fourth-order valence-electron chi connectivity index (χ4n) is 2.31. The van der Waals surface area contributed by atoms with Crippen molar-refractivity contribution in [2.24, 2.45) is 5.84 Å². The smallest absolute Gasteiger partial charge is 0.0930 e. The average molecular weight is 289 g/mol. The van der Waals surface area contributed by atoms with Crippen molar-refractivity contribution in [2.45, 2.75) is 58.7 Å². The second-order valence-corrected chi connectivity index (χ2v) is 5.21. The lowest BCUT2D eigenvalue weighted by molar-refractivity contribution is -0.0583. The summed E-state index contributed by atoms with van der Waals surface area (Å²) in [4.78, 5) is 0. The lowest BCUT2D eigenvalue weighted by Crippen LogP contribution is -2.47. The van der Waals surface area contributed by atoms with Crippen molar-refractivity contribution >= 4 is 11.6 Å². The van der Waals surface area contributed by atoms with Crippen molar-refractivity contribution in [3.8, 4) is 0 Å². The molecule has 0 bridgehead atoms. The summed E-state index contributed by atoms with van der Waals surface area (Å²) in [5, 5.41) is 4.94. The van der Waals surface area contributed by atoms with Crippen LogP contribution in [-0.2, 0) is 11.3 Å². The molecule has 0 aliphatic carbocycles. The van der Waals surface area contributed by atoms with Crippen LogP contribution in [0.2, 0.25) is 5.02 Å². The molecular weight excluding hydrogens is 264 g/mol. The van der Waals surface area contributed by atoms with Crippen molar-refractivity contribution in [2.75, 3.05) is 6.61 Å². The standard InChI is InChI=1S/C13H25ClN4O/c1-5-8-18-11(10(14)9-16-18)12(17-15)13(4,6-2)19-7-3/h9,12,17H,5-8,15H2,1-4H3. The fourth-order valence-corrected chi connectivity index (χ4v) is 2.56. The first-order valence-electron chi connectivity index (χ1n) is 6.85. The lowest BCUT2D eigenvalue weighted by Gasteiger charge is -2.36. The van der Waals surface area contributed by atoms with Gasteiger partial charge >= 0.3 is 0 Å². The summed E-state index contributed by atoms with van der Waals surface area (Å²) in [6.07, 6.45) is 3.47. The van der Waals surface area contributed by atoms with Crippen LogP contribution < -0.4 is 11.3 Å². The molecule has 0 aromatic carbocycles. The highest BCUT2D eigenvalue weighted by atomic mass is 35.5. The molecule has 1 heterocycles. The molecule has 0 aliphatic rings. The van der Waals surface area contributed by atoms with E-state index in [4.69, 9.17) is 22.2 Å². The molecule has 0 aliphatic heterocycles. The van der Waals surface area contributed by atoms with Gasteiger partial charge in [-0.05, 0) is 26.7 Å². The first-order valence-corrected chi connectivity index (χ1v) is 7.23. The minimum atomic E-state index is -0.418. The number of nitrogens with one attached hydrogen (secondary N) is 1. The van der Waals surface area contributed by atoms with E-state index >= 15 is 0 Å². The van der Waals surface area contributed by atoms with Gasteiger partial charge in [-0.15, -0.1) is 0 Å². The van der Waals surface area contributed by atoms with Gasteiger partial charge in [0, 0.05) is 13.2 Å². The van der Waals surface area contributed by atoms with E-state index in [0.29, 0.717) is 11.6 Å². The summed E-state index contributed by atoms with van der Waals surface area (Å²) in [6, 6.07) is -0.195. The van der Waals surface area contributed by atoms with E-state index in [2.05, 4.69) is 24.4 Å². The summed E-state index contributed by atoms with van der Waals surface area (Å²) in [5.41, 5.74) is 3.32.